The number of rotatable bonds is 6. The summed E-state index contributed by atoms with van der Waals surface area (Å²) in [6.45, 7) is 4.30. The van der Waals surface area contributed by atoms with E-state index in [1.54, 1.807) is 30.3 Å². The Hall–Kier alpha value is -2.34. The van der Waals surface area contributed by atoms with Crippen molar-refractivity contribution in [3.05, 3.63) is 58.1 Å². The van der Waals surface area contributed by atoms with Crippen LogP contribution in [0, 0.1) is 6.92 Å². The molecule has 2 amide bonds. The van der Waals surface area contributed by atoms with E-state index in [4.69, 9.17) is 4.74 Å². The van der Waals surface area contributed by atoms with Crippen molar-refractivity contribution in [1.29, 1.82) is 0 Å². The summed E-state index contributed by atoms with van der Waals surface area (Å²) < 4.78 is 6.46. The highest BCUT2D eigenvalue weighted by molar-refractivity contribution is 9.10. The fourth-order valence-electron chi connectivity index (χ4n) is 2.02. The van der Waals surface area contributed by atoms with Gasteiger partial charge in [0, 0.05) is 22.3 Å². The lowest BCUT2D eigenvalue weighted by atomic mass is 10.2. The monoisotopic (exact) mass is 390 g/mol. The van der Waals surface area contributed by atoms with Gasteiger partial charge in [-0.1, -0.05) is 15.9 Å². The van der Waals surface area contributed by atoms with Gasteiger partial charge in [0.05, 0.1) is 0 Å². The zero-order chi connectivity index (χ0) is 17.5. The molecule has 0 fully saturated rings. The predicted molar refractivity (Wildman–Crippen MR) is 97.5 cm³/mol. The van der Waals surface area contributed by atoms with E-state index >= 15 is 0 Å². The van der Waals surface area contributed by atoms with Crippen molar-refractivity contribution in [3.8, 4) is 5.75 Å². The first-order valence-electron chi connectivity index (χ1n) is 7.56. The quantitative estimate of drug-likeness (QED) is 0.792. The van der Waals surface area contributed by atoms with Crippen molar-refractivity contribution in [2.75, 3.05) is 18.5 Å². The Morgan fingerprint density at radius 1 is 1.12 bits per heavy atom. The van der Waals surface area contributed by atoms with Crippen LogP contribution >= 0.6 is 15.9 Å². The largest absolute Gasteiger partial charge is 0.484 e. The van der Waals surface area contributed by atoms with Gasteiger partial charge in [0.2, 0.25) is 0 Å². The number of hydrogen-bond donors (Lipinski definition) is 2. The van der Waals surface area contributed by atoms with Gasteiger partial charge >= 0.3 is 0 Å². The van der Waals surface area contributed by atoms with E-state index in [1.807, 2.05) is 26.0 Å². The standard InChI is InChI=1S/C18H19BrN2O3/c1-3-20-18(23)13-4-6-14(7-5-13)21-17(22)11-24-15-8-9-16(19)12(2)10-15/h4-10H,3,11H2,1-2H3,(H,20,23)(H,21,22). The summed E-state index contributed by atoms with van der Waals surface area (Å²) in [5, 5.41) is 5.45. The molecule has 24 heavy (non-hydrogen) atoms. The van der Waals surface area contributed by atoms with E-state index < -0.39 is 0 Å². The fraction of sp³-hybridized carbons (Fsp3) is 0.222. The minimum atomic E-state index is -0.263. The average Bonchev–Trinajstić information content (AvgIpc) is 2.57. The molecule has 0 unspecified atom stereocenters. The van der Waals surface area contributed by atoms with Gasteiger partial charge in [-0.25, -0.2) is 0 Å². The molecule has 0 atom stereocenters. The number of halogens is 1. The van der Waals surface area contributed by atoms with Gasteiger partial charge in [0.15, 0.2) is 6.61 Å². The molecule has 0 radical (unpaired) electrons. The highest BCUT2D eigenvalue weighted by Crippen LogP contribution is 2.21. The number of carbonyl (C=O) groups excluding carboxylic acids is 2. The number of amides is 2. The van der Waals surface area contributed by atoms with E-state index in [0.717, 1.165) is 10.0 Å². The normalized spacial score (nSPS) is 10.1. The molecule has 6 heteroatoms. The molecule has 0 aliphatic rings. The number of nitrogens with one attached hydrogen (secondary N) is 2. The van der Waals surface area contributed by atoms with E-state index in [2.05, 4.69) is 26.6 Å². The Kier molecular flexibility index (Phi) is 6.37. The maximum atomic E-state index is 11.9. The summed E-state index contributed by atoms with van der Waals surface area (Å²) in [5.74, 6) is 0.239. The van der Waals surface area contributed by atoms with Gasteiger partial charge < -0.3 is 15.4 Å². The third kappa shape index (κ3) is 5.09. The molecule has 2 rings (SSSR count). The Labute approximate surface area is 149 Å². The maximum absolute atomic E-state index is 11.9. The molecule has 0 spiro atoms. The molecule has 0 aromatic heterocycles. The molecule has 0 bridgehead atoms. The third-order valence-electron chi connectivity index (χ3n) is 3.27. The van der Waals surface area contributed by atoms with Gasteiger partial charge in [0.25, 0.3) is 11.8 Å². The second-order valence-electron chi connectivity index (χ2n) is 5.18. The van der Waals surface area contributed by atoms with Crippen molar-refractivity contribution in [2.45, 2.75) is 13.8 Å². The lowest BCUT2D eigenvalue weighted by molar-refractivity contribution is -0.118. The van der Waals surface area contributed by atoms with E-state index in [0.29, 0.717) is 23.5 Å². The average molecular weight is 391 g/mol. The zero-order valence-corrected chi connectivity index (χ0v) is 15.1. The van der Waals surface area contributed by atoms with E-state index in [-0.39, 0.29) is 18.4 Å². The Morgan fingerprint density at radius 2 is 1.83 bits per heavy atom. The van der Waals surface area contributed by atoms with Crippen molar-refractivity contribution in [1.82, 2.24) is 5.32 Å². The van der Waals surface area contributed by atoms with Gasteiger partial charge in [0.1, 0.15) is 5.75 Å². The van der Waals surface area contributed by atoms with Crippen molar-refractivity contribution in [3.63, 3.8) is 0 Å². The Balaban J connectivity index is 1.87. The van der Waals surface area contributed by atoms with Crippen molar-refractivity contribution in [2.24, 2.45) is 0 Å². The zero-order valence-electron chi connectivity index (χ0n) is 13.6. The molecule has 0 heterocycles. The van der Waals surface area contributed by atoms with E-state index in [9.17, 15) is 9.59 Å². The first-order chi connectivity index (χ1) is 11.5. The van der Waals surface area contributed by atoms with Crippen LogP contribution in [-0.4, -0.2) is 25.0 Å². The van der Waals surface area contributed by atoms with Gasteiger partial charge in [-0.05, 0) is 61.9 Å². The molecule has 0 saturated carbocycles. The molecule has 126 valence electrons. The maximum Gasteiger partial charge on any atom is 0.262 e. The number of aryl methyl sites for hydroxylation is 1. The number of benzene rings is 2. The molecule has 2 aromatic rings. The first kappa shape index (κ1) is 18.0. The molecular formula is C18H19BrN2O3. The highest BCUT2D eigenvalue weighted by Gasteiger charge is 2.07. The van der Waals surface area contributed by atoms with Crippen LogP contribution in [0.2, 0.25) is 0 Å². The van der Waals surface area contributed by atoms with Crippen LogP contribution in [0.5, 0.6) is 5.75 Å². The lowest BCUT2D eigenvalue weighted by Gasteiger charge is -2.09. The predicted octanol–water partition coefficient (Wildman–Crippen LogP) is 3.52. The summed E-state index contributed by atoms with van der Waals surface area (Å²) in [4.78, 5) is 23.6. The molecular weight excluding hydrogens is 372 g/mol. The van der Waals surface area contributed by atoms with Gasteiger partial charge in [-0.2, -0.15) is 0 Å². The molecule has 2 N–H and O–H groups in total. The smallest absolute Gasteiger partial charge is 0.262 e. The number of carbonyl (C=O) groups is 2. The summed E-state index contributed by atoms with van der Waals surface area (Å²) in [5.41, 5.74) is 2.20. The Bertz CT molecular complexity index is 730. The first-order valence-corrected chi connectivity index (χ1v) is 8.36. The fourth-order valence-corrected chi connectivity index (χ4v) is 2.27. The highest BCUT2D eigenvalue weighted by atomic mass is 79.9. The molecule has 2 aromatic carbocycles. The van der Waals surface area contributed by atoms with Crippen LogP contribution in [0.25, 0.3) is 0 Å². The number of hydrogen-bond acceptors (Lipinski definition) is 3. The lowest BCUT2D eigenvalue weighted by Crippen LogP contribution is -2.23. The van der Waals surface area contributed by atoms with Crippen LogP contribution in [0.15, 0.2) is 46.9 Å². The molecule has 0 saturated heterocycles. The van der Waals surface area contributed by atoms with Crippen LogP contribution in [0.4, 0.5) is 5.69 Å². The van der Waals surface area contributed by atoms with Crippen LogP contribution in [-0.2, 0) is 4.79 Å². The van der Waals surface area contributed by atoms with Gasteiger partial charge in [-0.3, -0.25) is 9.59 Å². The second-order valence-corrected chi connectivity index (χ2v) is 6.04. The van der Waals surface area contributed by atoms with Crippen LogP contribution < -0.4 is 15.4 Å². The third-order valence-corrected chi connectivity index (χ3v) is 4.16. The number of anilines is 1. The van der Waals surface area contributed by atoms with Crippen molar-refractivity contribution < 1.29 is 14.3 Å². The molecule has 0 aliphatic carbocycles. The minimum Gasteiger partial charge on any atom is -0.484 e. The van der Waals surface area contributed by atoms with E-state index in [1.165, 1.54) is 0 Å². The molecule has 5 nitrogen and oxygen atoms in total. The molecule has 0 aliphatic heterocycles. The topological polar surface area (TPSA) is 67.4 Å². The van der Waals surface area contributed by atoms with Crippen molar-refractivity contribution >= 4 is 33.4 Å². The summed E-state index contributed by atoms with van der Waals surface area (Å²) in [6.07, 6.45) is 0. The summed E-state index contributed by atoms with van der Waals surface area (Å²) in [7, 11) is 0. The summed E-state index contributed by atoms with van der Waals surface area (Å²) >= 11 is 3.42. The Morgan fingerprint density at radius 3 is 2.46 bits per heavy atom. The second kappa shape index (κ2) is 8.49. The summed E-state index contributed by atoms with van der Waals surface area (Å²) in [6, 6.07) is 12.2. The minimum absolute atomic E-state index is 0.0842. The SMILES string of the molecule is CCNC(=O)c1ccc(NC(=O)COc2ccc(Br)c(C)c2)cc1. The van der Waals surface area contributed by atoms with Crippen LogP contribution in [0.3, 0.4) is 0 Å². The van der Waals surface area contributed by atoms with Crippen LogP contribution in [0.1, 0.15) is 22.8 Å². The number of ether oxygens (including phenoxy) is 1. The van der Waals surface area contributed by atoms with Gasteiger partial charge in [-0.15, -0.1) is 0 Å².